The Morgan fingerprint density at radius 3 is 2.32 bits per heavy atom. The van der Waals surface area contributed by atoms with E-state index in [1.165, 1.54) is 11.3 Å². The molecule has 1 aromatic carbocycles. The van der Waals surface area contributed by atoms with Gasteiger partial charge in [0.2, 0.25) is 0 Å². The number of benzene rings is 1. The molecular formula is C16H28N2O. The van der Waals surface area contributed by atoms with Crippen LogP contribution in [-0.2, 0) is 6.42 Å². The number of nitrogens with zero attached hydrogens (tertiary/aromatic N) is 1. The van der Waals surface area contributed by atoms with Crippen LogP contribution in [0.3, 0.4) is 0 Å². The molecule has 1 aromatic rings. The van der Waals surface area contributed by atoms with Gasteiger partial charge in [-0.1, -0.05) is 26.0 Å². The predicted molar refractivity (Wildman–Crippen MR) is 82.6 cm³/mol. The van der Waals surface area contributed by atoms with E-state index in [4.69, 9.17) is 5.73 Å². The lowest BCUT2D eigenvalue weighted by atomic mass is 9.92. The molecule has 0 aromatic heterocycles. The Hall–Kier alpha value is -1.06. The molecule has 0 saturated carbocycles. The minimum Gasteiger partial charge on any atom is -0.394 e. The predicted octanol–water partition coefficient (Wildman–Crippen LogP) is 2.57. The van der Waals surface area contributed by atoms with Crippen molar-refractivity contribution in [2.24, 2.45) is 5.73 Å². The summed E-state index contributed by atoms with van der Waals surface area (Å²) in [4.78, 5) is 2.24. The summed E-state index contributed by atoms with van der Waals surface area (Å²) in [6, 6.07) is 8.69. The highest BCUT2D eigenvalue weighted by Crippen LogP contribution is 2.17. The van der Waals surface area contributed by atoms with Crippen LogP contribution in [-0.4, -0.2) is 30.8 Å². The van der Waals surface area contributed by atoms with Gasteiger partial charge >= 0.3 is 0 Å². The van der Waals surface area contributed by atoms with Gasteiger partial charge < -0.3 is 15.7 Å². The van der Waals surface area contributed by atoms with E-state index in [9.17, 15) is 5.11 Å². The summed E-state index contributed by atoms with van der Waals surface area (Å²) < 4.78 is 0. The Kier molecular flexibility index (Phi) is 6.32. The molecule has 0 aliphatic rings. The number of hydrogen-bond donors (Lipinski definition) is 2. The minimum absolute atomic E-state index is 0.0679. The number of aryl methyl sites for hydroxylation is 1. The van der Waals surface area contributed by atoms with Crippen LogP contribution in [0, 0.1) is 0 Å². The van der Waals surface area contributed by atoms with Gasteiger partial charge in [-0.25, -0.2) is 0 Å². The van der Waals surface area contributed by atoms with E-state index in [2.05, 4.69) is 43.1 Å². The summed E-state index contributed by atoms with van der Waals surface area (Å²) in [7, 11) is 2.10. The Morgan fingerprint density at radius 1 is 1.21 bits per heavy atom. The zero-order chi connectivity index (χ0) is 14.3. The topological polar surface area (TPSA) is 49.5 Å². The summed E-state index contributed by atoms with van der Waals surface area (Å²) in [5, 5.41) is 9.29. The second-order valence-electron chi connectivity index (χ2n) is 5.42. The van der Waals surface area contributed by atoms with Gasteiger partial charge in [-0.15, -0.1) is 0 Å². The van der Waals surface area contributed by atoms with E-state index in [0.29, 0.717) is 0 Å². The van der Waals surface area contributed by atoms with Gasteiger partial charge in [0.15, 0.2) is 0 Å². The van der Waals surface area contributed by atoms with Gasteiger partial charge in [-0.2, -0.15) is 0 Å². The molecule has 1 rings (SSSR count). The number of hydrogen-bond acceptors (Lipinski definition) is 3. The van der Waals surface area contributed by atoms with Gasteiger partial charge in [-0.3, -0.25) is 0 Å². The molecule has 3 N–H and O–H groups in total. The van der Waals surface area contributed by atoms with Crippen molar-refractivity contribution in [3.05, 3.63) is 29.8 Å². The summed E-state index contributed by atoms with van der Waals surface area (Å²) in [6.45, 7) is 5.23. The van der Waals surface area contributed by atoms with Crippen LogP contribution >= 0.6 is 0 Å². The third-order valence-electron chi connectivity index (χ3n) is 3.97. The van der Waals surface area contributed by atoms with E-state index in [-0.39, 0.29) is 6.61 Å². The first-order valence-electron chi connectivity index (χ1n) is 7.24. The van der Waals surface area contributed by atoms with Crippen molar-refractivity contribution in [3.8, 4) is 0 Å². The molecule has 0 bridgehead atoms. The molecule has 0 saturated heterocycles. The Balaban J connectivity index is 2.44. The number of aliphatic hydroxyl groups is 1. The molecule has 0 spiro atoms. The van der Waals surface area contributed by atoms with Crippen molar-refractivity contribution in [3.63, 3.8) is 0 Å². The van der Waals surface area contributed by atoms with Gasteiger partial charge in [0.25, 0.3) is 0 Å². The van der Waals surface area contributed by atoms with Crippen molar-refractivity contribution in [1.29, 1.82) is 0 Å². The summed E-state index contributed by atoms with van der Waals surface area (Å²) in [5.41, 5.74) is 8.28. The van der Waals surface area contributed by atoms with Crippen molar-refractivity contribution in [1.82, 2.24) is 0 Å². The zero-order valence-electron chi connectivity index (χ0n) is 12.5. The number of anilines is 1. The molecule has 1 unspecified atom stereocenters. The summed E-state index contributed by atoms with van der Waals surface area (Å²) in [6.07, 6.45) is 3.75. The first-order chi connectivity index (χ1) is 9.04. The SMILES string of the molecule is CCc1ccc(N(C)CCCC(N)(CC)CO)cc1. The van der Waals surface area contributed by atoms with Crippen LogP contribution in [0.5, 0.6) is 0 Å². The lowest BCUT2D eigenvalue weighted by Gasteiger charge is -2.27. The van der Waals surface area contributed by atoms with Crippen molar-refractivity contribution in [2.75, 3.05) is 25.1 Å². The minimum atomic E-state index is -0.410. The summed E-state index contributed by atoms with van der Waals surface area (Å²) in [5.74, 6) is 0. The lowest BCUT2D eigenvalue weighted by molar-refractivity contribution is 0.181. The molecule has 1 atom stereocenters. The first-order valence-corrected chi connectivity index (χ1v) is 7.24. The van der Waals surface area contributed by atoms with E-state index < -0.39 is 5.54 Å². The molecule has 0 fully saturated rings. The second-order valence-corrected chi connectivity index (χ2v) is 5.42. The van der Waals surface area contributed by atoms with Gasteiger partial charge in [0.1, 0.15) is 0 Å². The number of aliphatic hydroxyl groups excluding tert-OH is 1. The highest BCUT2D eigenvalue weighted by atomic mass is 16.3. The molecule has 0 aliphatic carbocycles. The van der Waals surface area contributed by atoms with Crippen molar-refractivity contribution >= 4 is 5.69 Å². The highest BCUT2D eigenvalue weighted by Gasteiger charge is 2.20. The highest BCUT2D eigenvalue weighted by molar-refractivity contribution is 5.46. The van der Waals surface area contributed by atoms with Crippen LogP contribution in [0.1, 0.15) is 38.7 Å². The van der Waals surface area contributed by atoms with Crippen LogP contribution in [0.4, 0.5) is 5.69 Å². The monoisotopic (exact) mass is 264 g/mol. The molecule has 0 amide bonds. The zero-order valence-corrected chi connectivity index (χ0v) is 12.5. The van der Waals surface area contributed by atoms with Crippen molar-refractivity contribution < 1.29 is 5.11 Å². The Morgan fingerprint density at radius 2 is 1.84 bits per heavy atom. The first kappa shape index (κ1) is 16.0. The molecular weight excluding hydrogens is 236 g/mol. The molecule has 0 radical (unpaired) electrons. The maximum Gasteiger partial charge on any atom is 0.0611 e. The average Bonchev–Trinajstić information content (AvgIpc) is 2.47. The number of rotatable bonds is 8. The molecule has 0 heterocycles. The van der Waals surface area contributed by atoms with Crippen LogP contribution in [0.15, 0.2) is 24.3 Å². The lowest BCUT2D eigenvalue weighted by Crippen LogP contribution is -2.43. The molecule has 3 heteroatoms. The fourth-order valence-corrected chi connectivity index (χ4v) is 2.15. The van der Waals surface area contributed by atoms with E-state index >= 15 is 0 Å². The Labute approximate surface area is 117 Å². The maximum atomic E-state index is 9.29. The third kappa shape index (κ3) is 4.84. The van der Waals surface area contributed by atoms with E-state index in [1.54, 1.807) is 0 Å². The molecule has 19 heavy (non-hydrogen) atoms. The molecule has 3 nitrogen and oxygen atoms in total. The Bertz CT molecular complexity index is 358. The average molecular weight is 264 g/mol. The molecule has 108 valence electrons. The third-order valence-corrected chi connectivity index (χ3v) is 3.97. The standard InChI is InChI=1S/C16H28N2O/c1-4-14-7-9-15(10-8-14)18(3)12-6-11-16(17,5-2)13-19/h7-10,19H,4-6,11-13,17H2,1-3H3. The maximum absolute atomic E-state index is 9.29. The van der Waals surface area contributed by atoms with E-state index in [1.807, 2.05) is 6.92 Å². The quantitative estimate of drug-likeness (QED) is 0.758. The van der Waals surface area contributed by atoms with Gasteiger partial charge in [-0.05, 0) is 43.4 Å². The second kappa shape index (κ2) is 7.51. The van der Waals surface area contributed by atoms with E-state index in [0.717, 1.165) is 32.2 Å². The van der Waals surface area contributed by atoms with Gasteiger partial charge in [0.05, 0.1) is 6.61 Å². The largest absolute Gasteiger partial charge is 0.394 e. The fourth-order valence-electron chi connectivity index (χ4n) is 2.15. The van der Waals surface area contributed by atoms with Gasteiger partial charge in [0, 0.05) is 24.8 Å². The van der Waals surface area contributed by atoms with Crippen LogP contribution in [0.25, 0.3) is 0 Å². The number of nitrogens with two attached hydrogens (primary N) is 1. The van der Waals surface area contributed by atoms with Crippen LogP contribution in [0.2, 0.25) is 0 Å². The van der Waals surface area contributed by atoms with Crippen LogP contribution < -0.4 is 10.6 Å². The fraction of sp³-hybridized carbons (Fsp3) is 0.625. The summed E-state index contributed by atoms with van der Waals surface area (Å²) >= 11 is 0. The molecule has 0 aliphatic heterocycles. The normalized spacial score (nSPS) is 14.2. The van der Waals surface area contributed by atoms with Crippen molar-refractivity contribution in [2.45, 2.75) is 45.1 Å². The smallest absolute Gasteiger partial charge is 0.0611 e.